The average Bonchev–Trinajstić information content (AvgIpc) is 3.16. The number of aromatic nitrogens is 5. The minimum absolute atomic E-state index is 0.0933. The number of benzene rings is 1. The van der Waals surface area contributed by atoms with Gasteiger partial charge >= 0.3 is 0 Å². The van der Waals surface area contributed by atoms with Crippen molar-refractivity contribution in [1.82, 2.24) is 29.9 Å². The van der Waals surface area contributed by atoms with Gasteiger partial charge in [0.2, 0.25) is 5.91 Å². The molecule has 2 N–H and O–H groups in total. The third-order valence-corrected chi connectivity index (χ3v) is 5.49. The highest BCUT2D eigenvalue weighted by atomic mass is 35.5. The van der Waals surface area contributed by atoms with Crippen molar-refractivity contribution in [2.24, 2.45) is 0 Å². The second kappa shape index (κ2) is 8.28. The van der Waals surface area contributed by atoms with Gasteiger partial charge in [-0.2, -0.15) is 10.2 Å². The van der Waals surface area contributed by atoms with Crippen LogP contribution in [0.2, 0.25) is 5.02 Å². The van der Waals surface area contributed by atoms with Gasteiger partial charge < -0.3 is 9.88 Å². The quantitative estimate of drug-likeness (QED) is 0.599. The van der Waals surface area contributed by atoms with Crippen LogP contribution in [-0.2, 0) is 24.3 Å². The Morgan fingerprint density at radius 3 is 2.75 bits per heavy atom. The van der Waals surface area contributed by atoms with Crippen molar-refractivity contribution in [3.8, 4) is 5.69 Å². The zero-order valence-corrected chi connectivity index (χ0v) is 17.9. The second-order valence-corrected chi connectivity index (χ2v) is 7.43. The number of aryl methyl sites for hydroxylation is 2. The van der Waals surface area contributed by atoms with E-state index < -0.39 is 0 Å². The van der Waals surface area contributed by atoms with Crippen LogP contribution in [0.15, 0.2) is 18.2 Å². The fourth-order valence-electron chi connectivity index (χ4n) is 3.11. The Kier molecular flexibility index (Phi) is 6.00. The molecule has 0 aliphatic rings. The van der Waals surface area contributed by atoms with Crippen LogP contribution in [-0.4, -0.2) is 30.5 Å². The number of H-pyrrole nitrogens is 1. The van der Waals surface area contributed by atoms with E-state index in [4.69, 9.17) is 23.8 Å². The molecule has 0 fully saturated rings. The van der Waals surface area contributed by atoms with Crippen LogP contribution in [0, 0.1) is 25.5 Å². The van der Waals surface area contributed by atoms with Crippen molar-refractivity contribution in [3.05, 3.63) is 56.3 Å². The number of nitrogens with zero attached hydrogens (tertiary/aromatic N) is 4. The Morgan fingerprint density at radius 2 is 2.07 bits per heavy atom. The van der Waals surface area contributed by atoms with E-state index in [2.05, 4.69) is 20.6 Å². The van der Waals surface area contributed by atoms with Crippen LogP contribution in [0.3, 0.4) is 0 Å². The molecule has 2 aromatic heterocycles. The summed E-state index contributed by atoms with van der Waals surface area (Å²) < 4.78 is 4.23. The molecule has 0 spiro atoms. The summed E-state index contributed by atoms with van der Waals surface area (Å²) in [7, 11) is 0. The van der Waals surface area contributed by atoms with Crippen molar-refractivity contribution >= 4 is 29.7 Å². The molecule has 0 unspecified atom stereocenters. The predicted octanol–water partition coefficient (Wildman–Crippen LogP) is 3.58. The van der Waals surface area contributed by atoms with Gasteiger partial charge in [0.15, 0.2) is 10.6 Å². The van der Waals surface area contributed by atoms with Gasteiger partial charge in [-0.25, -0.2) is 4.68 Å². The number of amides is 1. The first-order valence-electron chi connectivity index (χ1n) is 9.04. The number of aromatic amines is 1. The minimum Gasteiger partial charge on any atom is -0.349 e. The van der Waals surface area contributed by atoms with E-state index >= 15 is 0 Å². The van der Waals surface area contributed by atoms with Crippen molar-refractivity contribution in [1.29, 1.82) is 0 Å². The molecule has 3 aromatic rings. The Balaban J connectivity index is 1.75. The number of carbonyl (C=O) groups excluding carboxylic acids is 1. The van der Waals surface area contributed by atoms with Gasteiger partial charge in [-0.15, -0.1) is 0 Å². The van der Waals surface area contributed by atoms with Crippen LogP contribution in [0.1, 0.15) is 35.3 Å². The molecule has 0 atom stereocenters. The number of rotatable bonds is 6. The summed E-state index contributed by atoms with van der Waals surface area (Å²) in [6.45, 7) is 8.82. The molecule has 0 radical (unpaired) electrons. The van der Waals surface area contributed by atoms with Crippen molar-refractivity contribution in [2.75, 3.05) is 0 Å². The van der Waals surface area contributed by atoms with Gasteiger partial charge in [0.05, 0.1) is 24.3 Å². The molecule has 1 amide bonds. The third-order valence-electron chi connectivity index (χ3n) is 4.78. The van der Waals surface area contributed by atoms with Gasteiger partial charge in [0.1, 0.15) is 0 Å². The van der Waals surface area contributed by atoms with Crippen molar-refractivity contribution < 1.29 is 4.79 Å². The maximum Gasteiger partial charge on any atom is 0.224 e. The molecule has 148 valence electrons. The SMILES string of the molecule is CCn1c(CNC(=O)Cc2c(C)nn(-c3ccc(C)c(Cl)c3)c2C)n[nH]c1=S. The maximum atomic E-state index is 12.5. The summed E-state index contributed by atoms with van der Waals surface area (Å²) in [5, 5.41) is 15.1. The van der Waals surface area contributed by atoms with E-state index in [1.165, 1.54) is 0 Å². The molecule has 2 heterocycles. The fourth-order valence-corrected chi connectivity index (χ4v) is 3.56. The maximum absolute atomic E-state index is 12.5. The molecule has 1 aromatic carbocycles. The summed E-state index contributed by atoms with van der Waals surface area (Å²) >= 11 is 11.4. The summed E-state index contributed by atoms with van der Waals surface area (Å²) in [6.07, 6.45) is 0.245. The molecule has 3 rings (SSSR count). The lowest BCUT2D eigenvalue weighted by atomic mass is 10.1. The molecule has 0 bridgehead atoms. The van der Waals surface area contributed by atoms with E-state index in [1.807, 2.05) is 55.1 Å². The highest BCUT2D eigenvalue weighted by molar-refractivity contribution is 7.71. The van der Waals surface area contributed by atoms with Gasteiger partial charge in [-0.05, 0) is 57.6 Å². The monoisotopic (exact) mass is 418 g/mol. The van der Waals surface area contributed by atoms with E-state index in [0.29, 0.717) is 28.7 Å². The van der Waals surface area contributed by atoms with Crippen LogP contribution in [0.25, 0.3) is 5.69 Å². The molecule has 0 saturated carbocycles. The highest BCUT2D eigenvalue weighted by Crippen LogP contribution is 2.23. The van der Waals surface area contributed by atoms with Gasteiger partial charge in [0.25, 0.3) is 0 Å². The van der Waals surface area contributed by atoms with Crippen molar-refractivity contribution in [3.63, 3.8) is 0 Å². The zero-order chi connectivity index (χ0) is 20.4. The second-order valence-electron chi connectivity index (χ2n) is 6.64. The summed E-state index contributed by atoms with van der Waals surface area (Å²) in [6, 6.07) is 5.81. The minimum atomic E-state index is -0.0933. The number of carbonyl (C=O) groups is 1. The molecule has 0 saturated heterocycles. The average molecular weight is 419 g/mol. The van der Waals surface area contributed by atoms with E-state index in [1.54, 1.807) is 0 Å². The lowest BCUT2D eigenvalue weighted by Gasteiger charge is -2.08. The number of hydrogen-bond acceptors (Lipinski definition) is 4. The standard InChI is InChI=1S/C19H23ClN6OS/c1-5-25-17(22-23-19(25)28)10-21-18(27)9-15-12(3)24-26(13(15)4)14-7-6-11(2)16(20)8-14/h6-8H,5,9-10H2,1-4H3,(H,21,27)(H,23,28). The first-order chi connectivity index (χ1) is 13.3. The normalized spacial score (nSPS) is 11.0. The van der Waals surface area contributed by atoms with Crippen LogP contribution in [0.5, 0.6) is 0 Å². The first-order valence-corrected chi connectivity index (χ1v) is 9.82. The van der Waals surface area contributed by atoms with E-state index in [-0.39, 0.29) is 12.3 Å². The smallest absolute Gasteiger partial charge is 0.224 e. The van der Waals surface area contributed by atoms with Crippen LogP contribution in [0.4, 0.5) is 0 Å². The number of halogens is 1. The largest absolute Gasteiger partial charge is 0.349 e. The van der Waals surface area contributed by atoms with Crippen LogP contribution >= 0.6 is 23.8 Å². The van der Waals surface area contributed by atoms with E-state index in [9.17, 15) is 4.79 Å². The van der Waals surface area contributed by atoms with Crippen LogP contribution < -0.4 is 5.32 Å². The molecular weight excluding hydrogens is 396 g/mol. The third kappa shape index (κ3) is 4.02. The molecule has 0 aliphatic heterocycles. The highest BCUT2D eigenvalue weighted by Gasteiger charge is 2.17. The molecule has 7 nitrogen and oxygen atoms in total. The van der Waals surface area contributed by atoms with Gasteiger partial charge in [-0.3, -0.25) is 9.89 Å². The number of hydrogen-bond donors (Lipinski definition) is 2. The molecule has 9 heteroatoms. The molecule has 28 heavy (non-hydrogen) atoms. The topological polar surface area (TPSA) is 80.5 Å². The van der Waals surface area contributed by atoms with Gasteiger partial charge in [0, 0.05) is 22.8 Å². The Hall–Kier alpha value is -2.45. The lowest BCUT2D eigenvalue weighted by molar-refractivity contribution is -0.120. The lowest BCUT2D eigenvalue weighted by Crippen LogP contribution is -2.26. The molecule has 0 aliphatic carbocycles. The molecular formula is C19H23ClN6OS. The Morgan fingerprint density at radius 1 is 1.32 bits per heavy atom. The summed E-state index contributed by atoms with van der Waals surface area (Å²) in [5.74, 6) is 0.614. The van der Waals surface area contributed by atoms with Crippen molar-refractivity contribution in [2.45, 2.75) is 47.2 Å². The Bertz CT molecular complexity index is 1080. The number of nitrogens with one attached hydrogen (secondary N) is 2. The van der Waals surface area contributed by atoms with Gasteiger partial charge in [-0.1, -0.05) is 17.7 Å². The zero-order valence-electron chi connectivity index (χ0n) is 16.3. The summed E-state index contributed by atoms with van der Waals surface area (Å²) in [5.41, 5.74) is 4.53. The predicted molar refractivity (Wildman–Crippen MR) is 111 cm³/mol. The first kappa shape index (κ1) is 20.3. The fraction of sp³-hybridized carbons (Fsp3) is 0.368. The Labute approximate surface area is 173 Å². The summed E-state index contributed by atoms with van der Waals surface area (Å²) in [4.78, 5) is 12.5. The van der Waals surface area contributed by atoms with E-state index in [0.717, 1.165) is 28.2 Å².